The summed E-state index contributed by atoms with van der Waals surface area (Å²) < 4.78 is 0. The van der Waals surface area contributed by atoms with Crippen LogP contribution in [0.25, 0.3) is 0 Å². The van der Waals surface area contributed by atoms with Gasteiger partial charge in [-0.15, -0.1) is 0 Å². The highest BCUT2D eigenvalue weighted by Crippen LogP contribution is 1.97. The fourth-order valence-corrected chi connectivity index (χ4v) is 0.675. The Balaban J connectivity index is 0. The number of carboxylic acid groups (broad SMARTS) is 1. The second-order valence-corrected chi connectivity index (χ2v) is 3.35. The Morgan fingerprint density at radius 1 is 1.15 bits per heavy atom. The first kappa shape index (κ1) is 15.0. The highest BCUT2D eigenvalue weighted by atomic mass is 16.4. The maximum absolute atomic E-state index is 9.93. The summed E-state index contributed by atoms with van der Waals surface area (Å²) in [5, 5.41) is 8.18. The Bertz CT molecular complexity index is 107. The molecule has 0 spiro atoms. The van der Waals surface area contributed by atoms with Crippen LogP contribution < -0.4 is 0 Å². The van der Waals surface area contributed by atoms with E-state index < -0.39 is 5.97 Å². The van der Waals surface area contributed by atoms with Gasteiger partial charge in [-0.2, -0.15) is 0 Å². The van der Waals surface area contributed by atoms with E-state index in [0.29, 0.717) is 0 Å². The third-order valence-electron chi connectivity index (χ3n) is 1.99. The zero-order valence-electron chi connectivity index (χ0n) is 9.47. The van der Waals surface area contributed by atoms with E-state index in [1.165, 1.54) is 25.7 Å². The zero-order valence-corrected chi connectivity index (χ0v) is 9.47. The van der Waals surface area contributed by atoms with Crippen LogP contribution in [0.3, 0.4) is 0 Å². The molecule has 1 N–H and O–H groups in total. The van der Waals surface area contributed by atoms with E-state index in [4.69, 9.17) is 5.11 Å². The van der Waals surface area contributed by atoms with Gasteiger partial charge in [0.15, 0.2) is 0 Å². The van der Waals surface area contributed by atoms with Crippen LogP contribution in [-0.2, 0) is 4.79 Å². The summed E-state index contributed by atoms with van der Waals surface area (Å²) in [6.45, 7) is 8.02. The SMILES string of the molecule is CCC(C)C(=O)O.CCCCCC. The van der Waals surface area contributed by atoms with Crippen molar-refractivity contribution in [1.29, 1.82) is 0 Å². The summed E-state index contributed by atoms with van der Waals surface area (Å²) in [6.07, 6.45) is 6.25. The van der Waals surface area contributed by atoms with E-state index in [0.717, 1.165) is 6.42 Å². The van der Waals surface area contributed by atoms with Crippen LogP contribution in [0, 0.1) is 5.92 Å². The van der Waals surface area contributed by atoms with Gasteiger partial charge in [0.25, 0.3) is 0 Å². The number of rotatable bonds is 5. The topological polar surface area (TPSA) is 37.3 Å². The van der Waals surface area contributed by atoms with Gasteiger partial charge in [-0.1, -0.05) is 53.4 Å². The molecule has 0 saturated carbocycles. The van der Waals surface area contributed by atoms with Crippen molar-refractivity contribution in [3.05, 3.63) is 0 Å². The average molecular weight is 188 g/mol. The first-order valence-corrected chi connectivity index (χ1v) is 5.32. The van der Waals surface area contributed by atoms with Crippen molar-refractivity contribution in [2.45, 2.75) is 59.8 Å². The molecule has 0 aliphatic carbocycles. The lowest BCUT2D eigenvalue weighted by Gasteiger charge is -1.96. The highest BCUT2D eigenvalue weighted by Gasteiger charge is 2.05. The molecule has 0 radical (unpaired) electrons. The molecule has 0 aliphatic rings. The van der Waals surface area contributed by atoms with Gasteiger partial charge in [-0.3, -0.25) is 4.79 Å². The normalized spacial score (nSPS) is 11.4. The Hall–Kier alpha value is -0.530. The van der Waals surface area contributed by atoms with Crippen LogP contribution in [0.15, 0.2) is 0 Å². The number of hydrogen-bond acceptors (Lipinski definition) is 1. The van der Waals surface area contributed by atoms with Crippen LogP contribution in [0.1, 0.15) is 59.8 Å². The van der Waals surface area contributed by atoms with Crippen molar-refractivity contribution in [3.63, 3.8) is 0 Å². The van der Waals surface area contributed by atoms with Gasteiger partial charge < -0.3 is 5.11 Å². The summed E-state index contributed by atoms with van der Waals surface area (Å²) in [6, 6.07) is 0. The molecule has 0 rings (SSSR count). The van der Waals surface area contributed by atoms with Crippen molar-refractivity contribution in [3.8, 4) is 0 Å². The molecule has 2 nitrogen and oxygen atoms in total. The lowest BCUT2D eigenvalue weighted by atomic mass is 10.1. The third kappa shape index (κ3) is 14.3. The molecule has 2 heteroatoms. The quantitative estimate of drug-likeness (QED) is 0.668. The second kappa shape index (κ2) is 11.5. The van der Waals surface area contributed by atoms with E-state index in [-0.39, 0.29) is 5.92 Å². The molecule has 0 saturated heterocycles. The minimum Gasteiger partial charge on any atom is -0.481 e. The van der Waals surface area contributed by atoms with Crippen LogP contribution in [0.4, 0.5) is 0 Å². The first-order valence-electron chi connectivity index (χ1n) is 5.32. The predicted octanol–water partition coefficient (Wildman–Crippen LogP) is 3.70. The average Bonchev–Trinajstić information content (AvgIpc) is 2.14. The number of carboxylic acids is 1. The molecule has 1 atom stereocenters. The van der Waals surface area contributed by atoms with Crippen molar-refractivity contribution < 1.29 is 9.90 Å². The largest absolute Gasteiger partial charge is 0.481 e. The van der Waals surface area contributed by atoms with Crippen molar-refractivity contribution >= 4 is 5.97 Å². The Morgan fingerprint density at radius 2 is 1.54 bits per heavy atom. The van der Waals surface area contributed by atoms with Gasteiger partial charge >= 0.3 is 5.97 Å². The molecule has 0 aromatic rings. The first-order chi connectivity index (χ1) is 6.09. The molecule has 0 heterocycles. The molecule has 80 valence electrons. The Morgan fingerprint density at radius 3 is 1.62 bits per heavy atom. The molecular formula is C11H24O2. The van der Waals surface area contributed by atoms with Gasteiger partial charge in [0.1, 0.15) is 0 Å². The Labute approximate surface area is 82.4 Å². The minimum atomic E-state index is -0.706. The summed E-state index contributed by atoms with van der Waals surface area (Å²) in [7, 11) is 0. The van der Waals surface area contributed by atoms with Crippen LogP contribution in [-0.4, -0.2) is 11.1 Å². The van der Waals surface area contributed by atoms with Crippen LogP contribution in [0.5, 0.6) is 0 Å². The summed E-state index contributed by atoms with van der Waals surface area (Å²) >= 11 is 0. The predicted molar refractivity (Wildman–Crippen MR) is 56.9 cm³/mol. The molecule has 0 aliphatic heterocycles. The zero-order chi connectivity index (χ0) is 10.7. The molecular weight excluding hydrogens is 164 g/mol. The smallest absolute Gasteiger partial charge is 0.306 e. The number of carbonyl (C=O) groups is 1. The van der Waals surface area contributed by atoms with E-state index in [1.807, 2.05) is 6.92 Å². The van der Waals surface area contributed by atoms with Gasteiger partial charge in [-0.25, -0.2) is 0 Å². The molecule has 13 heavy (non-hydrogen) atoms. The third-order valence-corrected chi connectivity index (χ3v) is 1.99. The monoisotopic (exact) mass is 188 g/mol. The van der Waals surface area contributed by atoms with E-state index in [2.05, 4.69) is 13.8 Å². The lowest BCUT2D eigenvalue weighted by molar-refractivity contribution is -0.141. The summed E-state index contributed by atoms with van der Waals surface area (Å²) in [5.41, 5.74) is 0. The lowest BCUT2D eigenvalue weighted by Crippen LogP contribution is -2.06. The van der Waals surface area contributed by atoms with Crippen LogP contribution in [0.2, 0.25) is 0 Å². The van der Waals surface area contributed by atoms with Gasteiger partial charge in [0.05, 0.1) is 5.92 Å². The second-order valence-electron chi connectivity index (χ2n) is 3.35. The van der Waals surface area contributed by atoms with Crippen molar-refractivity contribution in [2.75, 3.05) is 0 Å². The number of unbranched alkanes of at least 4 members (excludes halogenated alkanes) is 3. The maximum atomic E-state index is 9.93. The molecule has 0 bridgehead atoms. The standard InChI is InChI=1S/C6H14.C5H10O2/c1-3-5-6-4-2;1-3-4(2)5(6)7/h3-6H2,1-2H3;4H,3H2,1-2H3,(H,6,7). The Kier molecular flexibility index (Phi) is 13.2. The molecule has 0 fully saturated rings. The molecule has 0 aromatic heterocycles. The summed E-state index contributed by atoms with van der Waals surface area (Å²) in [5.74, 6) is -0.887. The molecule has 0 aromatic carbocycles. The van der Waals surface area contributed by atoms with Gasteiger partial charge in [-0.05, 0) is 6.42 Å². The minimum absolute atomic E-state index is 0.181. The van der Waals surface area contributed by atoms with Crippen molar-refractivity contribution in [2.24, 2.45) is 5.92 Å². The van der Waals surface area contributed by atoms with Gasteiger partial charge in [0, 0.05) is 0 Å². The number of aliphatic carboxylic acids is 1. The fourth-order valence-electron chi connectivity index (χ4n) is 0.675. The van der Waals surface area contributed by atoms with Gasteiger partial charge in [0.2, 0.25) is 0 Å². The van der Waals surface area contributed by atoms with E-state index in [9.17, 15) is 4.79 Å². The van der Waals surface area contributed by atoms with Crippen LogP contribution >= 0.6 is 0 Å². The molecule has 0 amide bonds. The molecule has 1 unspecified atom stereocenters. The van der Waals surface area contributed by atoms with E-state index in [1.54, 1.807) is 6.92 Å². The summed E-state index contributed by atoms with van der Waals surface area (Å²) in [4.78, 5) is 9.93. The number of hydrogen-bond donors (Lipinski definition) is 1. The fraction of sp³-hybridized carbons (Fsp3) is 0.909. The van der Waals surface area contributed by atoms with Crippen molar-refractivity contribution in [1.82, 2.24) is 0 Å². The maximum Gasteiger partial charge on any atom is 0.306 e. The highest BCUT2D eigenvalue weighted by molar-refractivity contribution is 5.69. The van der Waals surface area contributed by atoms with E-state index >= 15 is 0 Å².